The van der Waals surface area contributed by atoms with Gasteiger partial charge in [-0.2, -0.15) is 0 Å². The Morgan fingerprint density at radius 1 is 0.719 bits per heavy atom. The summed E-state index contributed by atoms with van der Waals surface area (Å²) < 4.78 is 13.5. The van der Waals surface area contributed by atoms with E-state index < -0.39 is 23.1 Å². The van der Waals surface area contributed by atoms with E-state index in [4.69, 9.17) is 38.4 Å². The second-order valence-corrected chi connectivity index (χ2v) is 16.7. The number of nitrogen functional groups attached to an aromatic ring is 1. The van der Waals surface area contributed by atoms with Crippen molar-refractivity contribution in [1.82, 2.24) is 19.1 Å². The van der Waals surface area contributed by atoms with Gasteiger partial charge in [0.05, 0.1) is 24.2 Å². The Bertz CT molecular complexity index is 2020. The van der Waals surface area contributed by atoms with Gasteiger partial charge in [0.15, 0.2) is 0 Å². The normalized spacial score (nSPS) is 11.1. The number of benzene rings is 2. The van der Waals surface area contributed by atoms with Crippen LogP contribution in [0.1, 0.15) is 126 Å². The van der Waals surface area contributed by atoms with Crippen LogP contribution in [0.25, 0.3) is 0 Å². The largest absolute Gasteiger partial charge is 0.456 e. The number of alkyl halides is 1. The smallest absolute Gasteiger partial charge is 0.338 e. The number of hydrogen-bond acceptors (Lipinski definition) is 10. The molecule has 2 aromatic carbocycles. The molecule has 0 radical (unpaired) electrons. The van der Waals surface area contributed by atoms with Crippen LogP contribution in [0.3, 0.4) is 0 Å². The summed E-state index contributed by atoms with van der Waals surface area (Å²) in [5.41, 5.74) is 6.35. The molecule has 12 nitrogen and oxygen atoms in total. The molecule has 4 rings (SSSR count). The number of carbonyl (C=O) groups excluding carboxylic acids is 2. The average molecular weight is 893 g/mol. The number of anilines is 2. The monoisotopic (exact) mass is 890 g/mol. The zero-order chi connectivity index (χ0) is 42.8. The fourth-order valence-corrected chi connectivity index (χ4v) is 5.72. The highest BCUT2D eigenvalue weighted by Crippen LogP contribution is 2.17. The van der Waals surface area contributed by atoms with E-state index in [0.29, 0.717) is 23.6 Å². The molecular formula is C42H57BrCl2N6O6. The summed E-state index contributed by atoms with van der Waals surface area (Å²) in [5, 5.41) is 4.56. The van der Waals surface area contributed by atoms with Crippen molar-refractivity contribution in [3.05, 3.63) is 114 Å². The zero-order valence-electron chi connectivity index (χ0n) is 34.3. The Morgan fingerprint density at radius 3 is 1.61 bits per heavy atom. The minimum absolute atomic E-state index is 0.0187. The topological polar surface area (TPSA) is 160 Å². The molecule has 0 bridgehead atoms. The molecule has 2 aromatic heterocycles. The highest BCUT2D eigenvalue weighted by atomic mass is 79.9. The molecule has 312 valence electrons. The third-order valence-corrected chi connectivity index (χ3v) is 8.54. The molecule has 3 N–H and O–H groups in total. The van der Waals surface area contributed by atoms with E-state index in [1.165, 1.54) is 45.9 Å². The number of nitrogens with two attached hydrogens (primary N) is 1. The van der Waals surface area contributed by atoms with Crippen molar-refractivity contribution >= 4 is 63.0 Å². The fourth-order valence-electron chi connectivity index (χ4n) is 4.97. The number of aromatic nitrogens is 4. The summed E-state index contributed by atoms with van der Waals surface area (Å²) in [7, 11) is 0. The van der Waals surface area contributed by atoms with E-state index in [1.54, 1.807) is 63.2 Å². The zero-order valence-corrected chi connectivity index (χ0v) is 37.4. The van der Waals surface area contributed by atoms with Gasteiger partial charge in [0.25, 0.3) is 11.1 Å². The number of rotatable bonds is 14. The number of hydrogen-bond donors (Lipinski definition) is 2. The first-order valence-electron chi connectivity index (χ1n) is 19.0. The van der Waals surface area contributed by atoms with Crippen LogP contribution in [-0.2, 0) is 22.6 Å². The lowest BCUT2D eigenvalue weighted by Crippen LogP contribution is -2.26. The quantitative estimate of drug-likeness (QED) is 0.0540. The minimum atomic E-state index is -0.575. The van der Waals surface area contributed by atoms with Gasteiger partial charge < -0.3 is 20.5 Å². The Morgan fingerprint density at radius 2 is 1.18 bits per heavy atom. The van der Waals surface area contributed by atoms with Gasteiger partial charge in [-0.1, -0.05) is 103 Å². The van der Waals surface area contributed by atoms with Crippen molar-refractivity contribution in [2.45, 2.75) is 118 Å². The van der Waals surface area contributed by atoms with Crippen LogP contribution < -0.4 is 22.2 Å². The van der Waals surface area contributed by atoms with Crippen molar-refractivity contribution < 1.29 is 19.1 Å². The lowest BCUT2D eigenvalue weighted by Gasteiger charge is -2.19. The van der Waals surface area contributed by atoms with Gasteiger partial charge >= 0.3 is 11.9 Å². The molecule has 0 aliphatic heterocycles. The maximum absolute atomic E-state index is 12.5. The van der Waals surface area contributed by atoms with Crippen LogP contribution in [0.5, 0.6) is 0 Å². The van der Waals surface area contributed by atoms with Gasteiger partial charge in [-0.15, -0.1) is 0 Å². The first-order chi connectivity index (χ1) is 26.8. The summed E-state index contributed by atoms with van der Waals surface area (Å²) in [6.45, 7) is 16.4. The highest BCUT2D eigenvalue weighted by molar-refractivity contribution is 9.09. The molecule has 0 unspecified atom stereocenters. The lowest BCUT2D eigenvalue weighted by molar-refractivity contribution is 0.00569. The second kappa shape index (κ2) is 23.9. The van der Waals surface area contributed by atoms with Crippen LogP contribution in [-0.4, -0.2) is 54.1 Å². The summed E-state index contributed by atoms with van der Waals surface area (Å²) in [5.74, 6) is -0.371. The van der Waals surface area contributed by atoms with Crippen molar-refractivity contribution in [2.75, 3.05) is 22.9 Å². The van der Waals surface area contributed by atoms with E-state index in [9.17, 15) is 19.2 Å². The number of ether oxygens (including phenoxy) is 2. The van der Waals surface area contributed by atoms with Crippen LogP contribution in [0.4, 0.5) is 11.9 Å². The van der Waals surface area contributed by atoms with Gasteiger partial charge in [0, 0.05) is 24.0 Å². The molecule has 0 atom stereocenters. The minimum Gasteiger partial charge on any atom is -0.456 e. The van der Waals surface area contributed by atoms with Gasteiger partial charge in [-0.25, -0.2) is 19.6 Å². The van der Waals surface area contributed by atoms with Crippen molar-refractivity contribution in [1.29, 1.82) is 0 Å². The Labute approximate surface area is 354 Å². The third kappa shape index (κ3) is 18.7. The number of nitrogens with one attached hydrogen (secondary N) is 1. The summed E-state index contributed by atoms with van der Waals surface area (Å²) in [6.07, 6.45) is 7.20. The summed E-state index contributed by atoms with van der Waals surface area (Å²) in [4.78, 5) is 56.9. The number of halogens is 3. The van der Waals surface area contributed by atoms with E-state index in [-0.39, 0.29) is 40.5 Å². The summed E-state index contributed by atoms with van der Waals surface area (Å²) >= 11 is 15.0. The number of nitrogens with zero attached hydrogens (tertiary/aromatic N) is 4. The molecule has 0 amide bonds. The van der Waals surface area contributed by atoms with Gasteiger partial charge in [0.2, 0.25) is 11.9 Å². The molecule has 0 aliphatic carbocycles. The van der Waals surface area contributed by atoms with Crippen LogP contribution in [0.2, 0.25) is 10.3 Å². The van der Waals surface area contributed by atoms with Gasteiger partial charge in [-0.05, 0) is 89.8 Å². The molecule has 0 spiro atoms. The van der Waals surface area contributed by atoms with Crippen LogP contribution >= 0.6 is 39.1 Å². The number of carbonyl (C=O) groups is 2. The SMILES string of the molecule is CC(C)(C)OC(=O)c1cccc(Cn2c(N)nc(Cl)cc2=O)c1.CCCCCBr.CCCCCNc1nc(Cl)cc(=O)n1Cc1cccc(C(=O)OC(C)(C)C)c1. The van der Waals surface area contributed by atoms with Gasteiger partial charge in [-0.3, -0.25) is 18.7 Å². The Balaban J connectivity index is 0.000000349. The average Bonchev–Trinajstić information content (AvgIpc) is 3.11. The molecule has 15 heteroatoms. The molecular weight excluding hydrogens is 835 g/mol. The van der Waals surface area contributed by atoms with Crippen molar-refractivity contribution in [2.24, 2.45) is 0 Å². The van der Waals surface area contributed by atoms with E-state index in [0.717, 1.165) is 30.4 Å². The fraction of sp³-hybridized carbons (Fsp3) is 0.476. The highest BCUT2D eigenvalue weighted by Gasteiger charge is 2.20. The van der Waals surface area contributed by atoms with Gasteiger partial charge in [0.1, 0.15) is 21.5 Å². The second-order valence-electron chi connectivity index (χ2n) is 15.1. The maximum atomic E-state index is 12.5. The standard InChI is InChI=1S/C21H28ClN3O3.C16H18ClN3O3.C5H11Br/c1-5-6-7-11-23-20-24-17(22)13-18(26)25(20)14-15-9-8-10-16(12-15)19(27)28-21(2,3)4;1-16(2,3)23-14(22)11-6-4-5-10(7-11)9-20-13(21)8-12(17)19-15(20)18;1-2-3-4-5-6/h8-10,12-13H,5-7,11,14H2,1-4H3,(H,23,24);4-8H,9H2,1-3H3,(H2,18,19);2-5H2,1H3. The van der Waals surface area contributed by atoms with E-state index in [1.807, 2.05) is 26.8 Å². The lowest BCUT2D eigenvalue weighted by atomic mass is 10.1. The first kappa shape index (κ1) is 48.9. The number of unbranched alkanes of at least 4 members (excludes halogenated alkanes) is 4. The van der Waals surface area contributed by atoms with E-state index in [2.05, 4.69) is 45.1 Å². The molecule has 4 aromatic rings. The molecule has 0 aliphatic rings. The van der Waals surface area contributed by atoms with Crippen LogP contribution in [0.15, 0.2) is 70.3 Å². The first-order valence-corrected chi connectivity index (χ1v) is 20.9. The summed E-state index contributed by atoms with van der Waals surface area (Å²) in [6, 6.07) is 16.4. The molecule has 0 fully saturated rings. The third-order valence-electron chi connectivity index (χ3n) is 7.59. The number of esters is 2. The van der Waals surface area contributed by atoms with Crippen molar-refractivity contribution in [3.63, 3.8) is 0 Å². The maximum Gasteiger partial charge on any atom is 0.338 e. The molecule has 0 saturated carbocycles. The Kier molecular flexibility index (Phi) is 20.5. The molecule has 57 heavy (non-hydrogen) atoms. The predicted molar refractivity (Wildman–Crippen MR) is 234 cm³/mol. The predicted octanol–water partition coefficient (Wildman–Crippen LogP) is 9.56. The molecule has 0 saturated heterocycles. The van der Waals surface area contributed by atoms with E-state index >= 15 is 0 Å². The Hall–Kier alpha value is -4.20. The van der Waals surface area contributed by atoms with Crippen molar-refractivity contribution in [3.8, 4) is 0 Å². The molecule has 2 heterocycles. The van der Waals surface area contributed by atoms with Crippen LogP contribution in [0, 0.1) is 0 Å².